The summed E-state index contributed by atoms with van der Waals surface area (Å²) in [5.74, 6) is -0.484. The zero-order valence-electron chi connectivity index (χ0n) is 14.2. The summed E-state index contributed by atoms with van der Waals surface area (Å²) in [7, 11) is -3.74. The van der Waals surface area contributed by atoms with Crippen LogP contribution in [-0.4, -0.2) is 25.2 Å². The van der Waals surface area contributed by atoms with Gasteiger partial charge in [0.05, 0.1) is 15.1 Å². The van der Waals surface area contributed by atoms with E-state index in [-0.39, 0.29) is 23.3 Å². The summed E-state index contributed by atoms with van der Waals surface area (Å²) in [6.07, 6.45) is 0. The van der Waals surface area contributed by atoms with Gasteiger partial charge in [0.15, 0.2) is 5.13 Å². The highest BCUT2D eigenvalue weighted by Gasteiger charge is 2.11. The third-order valence-electron chi connectivity index (χ3n) is 3.64. The molecular formula is C17H16N4O4S2. The quantitative estimate of drug-likeness (QED) is 0.597. The van der Waals surface area contributed by atoms with Crippen LogP contribution < -0.4 is 15.8 Å². The Kier molecular flexibility index (Phi) is 5.22. The molecular weight excluding hydrogens is 388 g/mol. The van der Waals surface area contributed by atoms with Gasteiger partial charge >= 0.3 is 0 Å². The van der Waals surface area contributed by atoms with Gasteiger partial charge in [-0.25, -0.2) is 18.5 Å². The molecule has 0 aliphatic carbocycles. The highest BCUT2D eigenvalue weighted by atomic mass is 32.2. The van der Waals surface area contributed by atoms with E-state index in [1.54, 1.807) is 30.3 Å². The SMILES string of the molecule is CC(=O)Nc1nc2ccc(C(=O)NCc3ccc(S(N)(=O)=O)cc3)cc2s1. The molecule has 4 N–H and O–H groups in total. The van der Waals surface area contributed by atoms with Gasteiger partial charge in [-0.05, 0) is 35.9 Å². The van der Waals surface area contributed by atoms with E-state index in [2.05, 4.69) is 15.6 Å². The van der Waals surface area contributed by atoms with Crippen molar-refractivity contribution in [3.05, 3.63) is 53.6 Å². The fraction of sp³-hybridized carbons (Fsp3) is 0.118. The van der Waals surface area contributed by atoms with Crippen LogP contribution in [0.15, 0.2) is 47.4 Å². The smallest absolute Gasteiger partial charge is 0.251 e. The Balaban J connectivity index is 1.69. The highest BCUT2D eigenvalue weighted by molar-refractivity contribution is 7.89. The molecule has 27 heavy (non-hydrogen) atoms. The van der Waals surface area contributed by atoms with E-state index in [0.717, 1.165) is 10.3 Å². The van der Waals surface area contributed by atoms with E-state index in [1.165, 1.54) is 30.4 Å². The number of nitrogens with zero attached hydrogens (tertiary/aromatic N) is 1. The molecule has 1 aromatic heterocycles. The van der Waals surface area contributed by atoms with E-state index >= 15 is 0 Å². The van der Waals surface area contributed by atoms with Crippen molar-refractivity contribution in [1.29, 1.82) is 0 Å². The fourth-order valence-electron chi connectivity index (χ4n) is 2.35. The lowest BCUT2D eigenvalue weighted by Crippen LogP contribution is -2.22. The Morgan fingerprint density at radius 1 is 1.15 bits per heavy atom. The average Bonchev–Trinajstić information content (AvgIpc) is 2.99. The van der Waals surface area contributed by atoms with Gasteiger partial charge in [0.25, 0.3) is 5.91 Å². The lowest BCUT2D eigenvalue weighted by atomic mass is 10.2. The van der Waals surface area contributed by atoms with Crippen LogP contribution in [0.3, 0.4) is 0 Å². The van der Waals surface area contributed by atoms with Crippen molar-refractivity contribution in [2.75, 3.05) is 5.32 Å². The number of benzene rings is 2. The summed E-state index contributed by atoms with van der Waals surface area (Å²) < 4.78 is 23.3. The lowest BCUT2D eigenvalue weighted by molar-refractivity contribution is -0.114. The Morgan fingerprint density at radius 3 is 2.48 bits per heavy atom. The van der Waals surface area contributed by atoms with Crippen molar-refractivity contribution in [3.8, 4) is 0 Å². The molecule has 10 heteroatoms. The number of nitrogens with two attached hydrogens (primary N) is 1. The minimum atomic E-state index is -3.74. The number of primary sulfonamides is 1. The molecule has 0 unspecified atom stereocenters. The number of rotatable bonds is 5. The largest absolute Gasteiger partial charge is 0.348 e. The standard InChI is InChI=1S/C17H16N4O4S2/c1-10(22)20-17-21-14-7-4-12(8-15(14)26-17)16(23)19-9-11-2-5-13(6-3-11)27(18,24)25/h2-8H,9H2,1H3,(H,19,23)(H2,18,24,25)(H,20,21,22). The lowest BCUT2D eigenvalue weighted by Gasteiger charge is -2.06. The molecule has 0 atom stereocenters. The van der Waals surface area contributed by atoms with Crippen molar-refractivity contribution in [2.24, 2.45) is 5.14 Å². The molecule has 3 aromatic rings. The Morgan fingerprint density at radius 2 is 1.85 bits per heavy atom. The number of fused-ring (bicyclic) bond motifs is 1. The molecule has 8 nitrogen and oxygen atoms in total. The number of aromatic nitrogens is 1. The normalized spacial score (nSPS) is 11.3. The topological polar surface area (TPSA) is 131 Å². The molecule has 3 rings (SSSR count). The number of anilines is 1. The van der Waals surface area contributed by atoms with E-state index in [9.17, 15) is 18.0 Å². The summed E-state index contributed by atoms with van der Waals surface area (Å²) in [5, 5.41) is 10.9. The zero-order valence-corrected chi connectivity index (χ0v) is 15.9. The first-order valence-electron chi connectivity index (χ1n) is 7.80. The average molecular weight is 404 g/mol. The zero-order chi connectivity index (χ0) is 19.6. The molecule has 0 fully saturated rings. The number of nitrogens with one attached hydrogen (secondary N) is 2. The maximum atomic E-state index is 12.4. The highest BCUT2D eigenvalue weighted by Crippen LogP contribution is 2.26. The van der Waals surface area contributed by atoms with Crippen molar-refractivity contribution in [1.82, 2.24) is 10.3 Å². The first kappa shape index (κ1) is 19.0. The number of hydrogen-bond acceptors (Lipinski definition) is 6. The van der Waals surface area contributed by atoms with Gasteiger partial charge in [-0.15, -0.1) is 0 Å². The third-order valence-corrected chi connectivity index (χ3v) is 5.50. The van der Waals surface area contributed by atoms with Crippen LogP contribution >= 0.6 is 11.3 Å². The molecule has 2 aromatic carbocycles. The Bertz CT molecular complexity index is 1120. The second-order valence-corrected chi connectivity index (χ2v) is 8.35. The number of hydrogen-bond donors (Lipinski definition) is 3. The molecule has 0 saturated heterocycles. The predicted octanol–water partition coefficient (Wildman–Crippen LogP) is 1.83. The Hall–Kier alpha value is -2.82. The second-order valence-electron chi connectivity index (χ2n) is 5.75. The van der Waals surface area contributed by atoms with Crippen LogP contribution in [0.25, 0.3) is 10.2 Å². The maximum absolute atomic E-state index is 12.4. The molecule has 0 spiro atoms. The molecule has 140 valence electrons. The predicted molar refractivity (Wildman–Crippen MR) is 103 cm³/mol. The number of sulfonamides is 1. The van der Waals surface area contributed by atoms with Gasteiger partial charge in [0.1, 0.15) is 0 Å². The van der Waals surface area contributed by atoms with E-state index in [1.807, 2.05) is 0 Å². The van der Waals surface area contributed by atoms with Crippen LogP contribution in [0.4, 0.5) is 5.13 Å². The minimum absolute atomic E-state index is 0.0169. The molecule has 2 amide bonds. The van der Waals surface area contributed by atoms with E-state index < -0.39 is 10.0 Å². The summed E-state index contributed by atoms with van der Waals surface area (Å²) >= 11 is 1.28. The molecule has 0 aliphatic rings. The monoisotopic (exact) mass is 404 g/mol. The van der Waals surface area contributed by atoms with Gasteiger partial charge in [-0.2, -0.15) is 0 Å². The van der Waals surface area contributed by atoms with Crippen molar-refractivity contribution >= 4 is 48.5 Å². The Labute approximate surface area is 159 Å². The first-order chi connectivity index (χ1) is 12.7. The summed E-state index contributed by atoms with van der Waals surface area (Å²) in [6, 6.07) is 11.0. The van der Waals surface area contributed by atoms with E-state index in [4.69, 9.17) is 5.14 Å². The first-order valence-corrected chi connectivity index (χ1v) is 10.2. The number of carbonyl (C=O) groups excluding carboxylic acids is 2. The molecule has 0 aliphatic heterocycles. The minimum Gasteiger partial charge on any atom is -0.348 e. The molecule has 0 saturated carbocycles. The summed E-state index contributed by atoms with van der Waals surface area (Å²) in [6.45, 7) is 1.64. The van der Waals surface area contributed by atoms with Gasteiger partial charge < -0.3 is 10.6 Å². The second kappa shape index (κ2) is 7.43. The van der Waals surface area contributed by atoms with Crippen LogP contribution in [0.5, 0.6) is 0 Å². The van der Waals surface area contributed by atoms with Gasteiger partial charge in [0.2, 0.25) is 15.9 Å². The van der Waals surface area contributed by atoms with Gasteiger partial charge in [-0.1, -0.05) is 23.5 Å². The van der Waals surface area contributed by atoms with Crippen LogP contribution in [0.1, 0.15) is 22.8 Å². The van der Waals surface area contributed by atoms with Crippen molar-refractivity contribution in [2.45, 2.75) is 18.4 Å². The number of amides is 2. The summed E-state index contributed by atoms with van der Waals surface area (Å²) in [4.78, 5) is 27.8. The van der Waals surface area contributed by atoms with E-state index in [0.29, 0.717) is 16.2 Å². The van der Waals surface area contributed by atoms with Crippen LogP contribution in [0.2, 0.25) is 0 Å². The molecule has 0 bridgehead atoms. The maximum Gasteiger partial charge on any atom is 0.251 e. The van der Waals surface area contributed by atoms with Gasteiger partial charge in [0, 0.05) is 19.0 Å². The molecule has 1 heterocycles. The molecule has 0 radical (unpaired) electrons. The summed E-state index contributed by atoms with van der Waals surface area (Å²) in [5.41, 5.74) is 1.89. The van der Waals surface area contributed by atoms with Crippen LogP contribution in [0, 0.1) is 0 Å². The van der Waals surface area contributed by atoms with Crippen LogP contribution in [-0.2, 0) is 21.4 Å². The third kappa shape index (κ3) is 4.67. The number of carbonyl (C=O) groups is 2. The fourth-order valence-corrected chi connectivity index (χ4v) is 3.82. The van der Waals surface area contributed by atoms with Crippen molar-refractivity contribution < 1.29 is 18.0 Å². The number of thiazole rings is 1. The van der Waals surface area contributed by atoms with Gasteiger partial charge in [-0.3, -0.25) is 9.59 Å². The van der Waals surface area contributed by atoms with Crippen molar-refractivity contribution in [3.63, 3.8) is 0 Å².